The summed E-state index contributed by atoms with van der Waals surface area (Å²) in [6.07, 6.45) is 1.34. The molecule has 1 amide bonds. The highest BCUT2D eigenvalue weighted by Crippen LogP contribution is 2.23. The zero-order valence-corrected chi connectivity index (χ0v) is 22.4. The van der Waals surface area contributed by atoms with Gasteiger partial charge in [0.2, 0.25) is 5.91 Å². The second-order valence-electron chi connectivity index (χ2n) is 9.06. The number of non-ortho nitro benzene ring substituents is 1. The zero-order chi connectivity index (χ0) is 28.9. The number of hydrogen-bond acceptors (Lipinski definition) is 10. The Labute approximate surface area is 227 Å². The number of rotatable bonds is 10. The monoisotopic (exact) mass is 542 g/mol. The molecule has 3 rings (SSSR count). The number of hydrogen-bond donors (Lipinski definition) is 0. The van der Waals surface area contributed by atoms with Crippen molar-refractivity contribution in [1.82, 2.24) is 9.80 Å². The van der Waals surface area contributed by atoms with E-state index in [-0.39, 0.29) is 22.6 Å². The summed E-state index contributed by atoms with van der Waals surface area (Å²) in [5.74, 6) is -3.47. The molecule has 0 N–H and O–H groups in total. The largest absolute Gasteiger partial charge is 0.543 e. The van der Waals surface area contributed by atoms with Crippen LogP contribution in [0.2, 0.25) is 0 Å². The van der Waals surface area contributed by atoms with E-state index in [0.29, 0.717) is 6.42 Å². The number of amides is 1. The maximum absolute atomic E-state index is 12.7. The average molecular weight is 543 g/mol. The fourth-order valence-electron chi connectivity index (χ4n) is 4.28. The van der Waals surface area contributed by atoms with Gasteiger partial charge in [0.05, 0.1) is 24.0 Å². The first kappa shape index (κ1) is 31.2. The van der Waals surface area contributed by atoms with Gasteiger partial charge in [0, 0.05) is 69.6 Å². The van der Waals surface area contributed by atoms with Crippen molar-refractivity contribution in [2.24, 2.45) is 0 Å². The van der Waals surface area contributed by atoms with E-state index < -0.39 is 11.9 Å². The summed E-state index contributed by atoms with van der Waals surface area (Å²) in [5, 5.41) is 28.6. The molecule has 0 aliphatic carbocycles. The van der Waals surface area contributed by atoms with Gasteiger partial charge in [0.15, 0.2) is 0 Å². The van der Waals surface area contributed by atoms with E-state index in [9.17, 15) is 14.9 Å². The molecule has 1 saturated heterocycles. The van der Waals surface area contributed by atoms with Gasteiger partial charge in [-0.15, -0.1) is 0 Å². The van der Waals surface area contributed by atoms with E-state index in [4.69, 9.17) is 24.5 Å². The van der Waals surface area contributed by atoms with Crippen molar-refractivity contribution in [3.63, 3.8) is 0 Å². The van der Waals surface area contributed by atoms with Crippen LogP contribution in [-0.2, 0) is 20.8 Å². The molecule has 212 valence electrons. The van der Waals surface area contributed by atoms with Crippen molar-refractivity contribution in [2.45, 2.75) is 32.7 Å². The number of carbonyl (C=O) groups is 3. The molecule has 12 heteroatoms. The number of carbonyl (C=O) groups excluding carboxylic acids is 3. The minimum Gasteiger partial charge on any atom is -0.543 e. The van der Waals surface area contributed by atoms with E-state index in [2.05, 4.69) is 16.7 Å². The van der Waals surface area contributed by atoms with Crippen LogP contribution in [0, 0.1) is 10.1 Å². The molecule has 1 fully saturated rings. The standard InChI is InChI=1S/C25H34N4O4.C2H2O4/c1-4-25(30)28(22-9-11-24(33-3)12-10-22)20(2)19-27-17-15-26(16-18-27)14-13-21-5-7-23(8-6-21)29(31)32;3-1(4)2(5)6/h5-12,20H,4,13-19H2,1-3H3;(H,3,4)(H,5,6)/p-2. The number of ether oxygens (including phenoxy) is 1. The molecule has 1 atom stereocenters. The van der Waals surface area contributed by atoms with E-state index in [1.54, 1.807) is 19.2 Å². The minimum absolute atomic E-state index is 0.0671. The molecule has 2 aromatic carbocycles. The molecule has 2 aromatic rings. The van der Waals surface area contributed by atoms with Crippen molar-refractivity contribution >= 4 is 29.2 Å². The highest BCUT2D eigenvalue weighted by atomic mass is 16.6. The van der Waals surface area contributed by atoms with Gasteiger partial charge in [0.1, 0.15) is 5.75 Å². The van der Waals surface area contributed by atoms with Crippen LogP contribution in [0.15, 0.2) is 48.5 Å². The Morgan fingerprint density at radius 1 is 0.949 bits per heavy atom. The van der Waals surface area contributed by atoms with Crippen LogP contribution < -0.4 is 19.8 Å². The van der Waals surface area contributed by atoms with Crippen LogP contribution in [0.4, 0.5) is 11.4 Å². The lowest BCUT2D eigenvalue weighted by Crippen LogP contribution is -2.52. The molecule has 0 saturated carbocycles. The number of nitro benzene ring substituents is 1. The normalized spacial score (nSPS) is 14.4. The fraction of sp³-hybridized carbons (Fsp3) is 0.444. The molecule has 0 radical (unpaired) electrons. The van der Waals surface area contributed by atoms with Crippen molar-refractivity contribution < 1.29 is 34.3 Å². The second kappa shape index (κ2) is 15.4. The van der Waals surface area contributed by atoms with Gasteiger partial charge >= 0.3 is 0 Å². The number of aliphatic carboxylic acids is 2. The van der Waals surface area contributed by atoms with Crippen LogP contribution in [0.5, 0.6) is 5.75 Å². The Morgan fingerprint density at radius 3 is 1.95 bits per heavy atom. The van der Waals surface area contributed by atoms with E-state index in [1.807, 2.05) is 48.2 Å². The summed E-state index contributed by atoms with van der Waals surface area (Å²) in [5.41, 5.74) is 2.15. The predicted octanol–water partition coefficient (Wildman–Crippen LogP) is 0.0814. The van der Waals surface area contributed by atoms with Gasteiger partial charge in [-0.25, -0.2) is 0 Å². The highest BCUT2D eigenvalue weighted by Gasteiger charge is 2.25. The first-order chi connectivity index (χ1) is 18.5. The van der Waals surface area contributed by atoms with Crippen molar-refractivity contribution in [3.05, 3.63) is 64.2 Å². The van der Waals surface area contributed by atoms with Gasteiger partial charge in [0.25, 0.3) is 5.69 Å². The molecule has 1 heterocycles. The number of nitrogens with zero attached hydrogens (tertiary/aromatic N) is 4. The molecule has 39 heavy (non-hydrogen) atoms. The van der Waals surface area contributed by atoms with E-state index >= 15 is 0 Å². The first-order valence-electron chi connectivity index (χ1n) is 12.6. The van der Waals surface area contributed by atoms with Crippen molar-refractivity contribution in [1.29, 1.82) is 0 Å². The average Bonchev–Trinajstić information content (AvgIpc) is 2.93. The summed E-state index contributed by atoms with van der Waals surface area (Å²) in [4.78, 5) is 47.7. The number of carboxylic acid groups (broad SMARTS) is 2. The van der Waals surface area contributed by atoms with Crippen LogP contribution >= 0.6 is 0 Å². The van der Waals surface area contributed by atoms with Gasteiger partial charge in [-0.1, -0.05) is 19.1 Å². The quantitative estimate of drug-likeness (QED) is 0.229. The van der Waals surface area contributed by atoms with Crippen molar-refractivity contribution in [2.75, 3.05) is 51.3 Å². The molecule has 0 aromatic heterocycles. The maximum Gasteiger partial charge on any atom is 0.269 e. The lowest BCUT2D eigenvalue weighted by molar-refractivity contribution is -0.384. The molecular weight excluding hydrogens is 508 g/mol. The smallest absolute Gasteiger partial charge is 0.269 e. The summed E-state index contributed by atoms with van der Waals surface area (Å²) in [6.45, 7) is 9.65. The van der Waals surface area contributed by atoms with Crippen LogP contribution in [0.25, 0.3) is 0 Å². The Kier molecular flexibility index (Phi) is 12.3. The Morgan fingerprint density at radius 2 is 1.49 bits per heavy atom. The summed E-state index contributed by atoms with van der Waals surface area (Å²) in [7, 11) is 1.64. The zero-order valence-electron chi connectivity index (χ0n) is 22.4. The van der Waals surface area contributed by atoms with Gasteiger partial charge in [-0.3, -0.25) is 19.8 Å². The van der Waals surface area contributed by atoms with Crippen LogP contribution in [0.1, 0.15) is 25.8 Å². The maximum atomic E-state index is 12.7. The van der Waals surface area contributed by atoms with E-state index in [0.717, 1.165) is 62.7 Å². The number of piperazine rings is 1. The first-order valence-corrected chi connectivity index (χ1v) is 12.6. The Balaban J connectivity index is 0.000000798. The molecule has 1 aliphatic heterocycles. The lowest BCUT2D eigenvalue weighted by Gasteiger charge is -2.38. The minimum atomic E-state index is -2.19. The summed E-state index contributed by atoms with van der Waals surface area (Å²) in [6, 6.07) is 14.6. The third-order valence-corrected chi connectivity index (χ3v) is 6.38. The molecule has 1 aliphatic rings. The molecule has 1 unspecified atom stereocenters. The SMILES string of the molecule is CCC(=O)N(c1ccc(OC)cc1)C(C)CN1CCN(CCc2ccc([N+](=O)[O-])cc2)CC1.O=C([O-])C(=O)[O-]. The molecule has 0 spiro atoms. The van der Waals surface area contributed by atoms with Gasteiger partial charge in [-0.05, 0) is 43.2 Å². The van der Waals surface area contributed by atoms with Crippen LogP contribution in [0.3, 0.4) is 0 Å². The topological polar surface area (TPSA) is 159 Å². The number of carboxylic acids is 2. The fourth-order valence-corrected chi connectivity index (χ4v) is 4.28. The highest BCUT2D eigenvalue weighted by molar-refractivity contribution is 6.25. The predicted molar refractivity (Wildman–Crippen MR) is 140 cm³/mol. The number of anilines is 1. The second-order valence-corrected chi connectivity index (χ2v) is 9.06. The van der Waals surface area contributed by atoms with Gasteiger partial charge < -0.3 is 34.3 Å². The number of nitro groups is 1. The Bertz CT molecular complexity index is 1090. The summed E-state index contributed by atoms with van der Waals surface area (Å²) < 4.78 is 5.25. The molecule has 0 bridgehead atoms. The number of methoxy groups -OCH3 is 1. The lowest BCUT2D eigenvalue weighted by atomic mass is 10.1. The Hall–Kier alpha value is -4.03. The third-order valence-electron chi connectivity index (χ3n) is 6.38. The van der Waals surface area contributed by atoms with E-state index in [1.165, 1.54) is 0 Å². The third kappa shape index (κ3) is 9.98. The number of benzene rings is 2. The summed E-state index contributed by atoms with van der Waals surface area (Å²) >= 11 is 0. The molecule has 12 nitrogen and oxygen atoms in total. The van der Waals surface area contributed by atoms with Crippen molar-refractivity contribution in [3.8, 4) is 5.75 Å². The molecular formula is C27H34N4O8-2. The van der Waals surface area contributed by atoms with Gasteiger partial charge in [-0.2, -0.15) is 0 Å². The van der Waals surface area contributed by atoms with Crippen LogP contribution in [-0.4, -0.2) is 85.0 Å².